The van der Waals surface area contributed by atoms with Crippen LogP contribution in [-0.2, 0) is 22.6 Å². The molecule has 1 N–H and O–H groups in total. The number of nitrogens with one attached hydrogen (secondary N) is 1. The van der Waals surface area contributed by atoms with Crippen molar-refractivity contribution in [2.45, 2.75) is 32.7 Å². The Morgan fingerprint density at radius 3 is 2.79 bits per heavy atom. The first-order chi connectivity index (χ1) is 11.6. The third-order valence-corrected chi connectivity index (χ3v) is 5.31. The monoisotopic (exact) mass is 348 g/mol. The van der Waals surface area contributed by atoms with Gasteiger partial charge >= 0.3 is 0 Å². The molecule has 7 nitrogen and oxygen atoms in total. The van der Waals surface area contributed by atoms with Crippen molar-refractivity contribution in [3.8, 4) is 0 Å². The zero-order valence-electron chi connectivity index (χ0n) is 13.6. The highest BCUT2D eigenvalue weighted by Crippen LogP contribution is 2.20. The molecule has 2 aromatic heterocycles. The van der Waals surface area contributed by atoms with Gasteiger partial charge in [0.15, 0.2) is 0 Å². The fraction of sp³-hybridized carbons (Fsp3) is 0.500. The third kappa shape index (κ3) is 3.48. The Kier molecular flexibility index (Phi) is 4.94. The third-order valence-electron chi connectivity index (χ3n) is 4.13. The van der Waals surface area contributed by atoms with E-state index in [-0.39, 0.29) is 30.5 Å². The molecule has 1 aliphatic heterocycles. The number of fused-ring (bicyclic) bond motifs is 1. The molecular weight excluding hydrogens is 328 g/mol. The first-order valence-corrected chi connectivity index (χ1v) is 8.92. The summed E-state index contributed by atoms with van der Waals surface area (Å²) in [6, 6.07) is 1.83. The molecule has 2 amide bonds. The van der Waals surface area contributed by atoms with Crippen molar-refractivity contribution in [2.75, 3.05) is 19.6 Å². The van der Waals surface area contributed by atoms with Gasteiger partial charge in [0.05, 0.1) is 18.3 Å². The highest BCUT2D eigenvalue weighted by molar-refractivity contribution is 7.18. The zero-order valence-corrected chi connectivity index (χ0v) is 14.4. The average Bonchev–Trinajstić information content (AvgIpc) is 3.24. The second-order valence-corrected chi connectivity index (χ2v) is 6.94. The largest absolute Gasteiger partial charge is 0.345 e. The molecule has 0 aliphatic carbocycles. The smallest absolute Gasteiger partial charge is 0.262 e. The summed E-state index contributed by atoms with van der Waals surface area (Å²) in [5, 5.41) is 3.13. The number of carbonyl (C=O) groups is 2. The zero-order chi connectivity index (χ0) is 17.1. The Labute approximate surface area is 143 Å². The van der Waals surface area contributed by atoms with E-state index in [1.54, 1.807) is 4.90 Å². The molecule has 0 radical (unpaired) electrons. The molecule has 0 spiro atoms. The predicted molar refractivity (Wildman–Crippen MR) is 92.1 cm³/mol. The van der Waals surface area contributed by atoms with Crippen molar-refractivity contribution in [1.82, 2.24) is 19.8 Å². The number of carbonyl (C=O) groups excluding carboxylic acids is 2. The Morgan fingerprint density at radius 1 is 1.33 bits per heavy atom. The van der Waals surface area contributed by atoms with Crippen molar-refractivity contribution < 1.29 is 9.59 Å². The lowest BCUT2D eigenvalue weighted by Gasteiger charge is -2.15. The van der Waals surface area contributed by atoms with Crippen LogP contribution in [0.25, 0.3) is 10.2 Å². The van der Waals surface area contributed by atoms with Gasteiger partial charge in [-0.1, -0.05) is 6.92 Å². The summed E-state index contributed by atoms with van der Waals surface area (Å²) < 4.78 is 1.28. The van der Waals surface area contributed by atoms with E-state index in [1.165, 1.54) is 22.2 Å². The normalized spacial score (nSPS) is 14.3. The van der Waals surface area contributed by atoms with Crippen molar-refractivity contribution in [1.29, 1.82) is 0 Å². The summed E-state index contributed by atoms with van der Waals surface area (Å²) >= 11 is 1.49. The fourth-order valence-electron chi connectivity index (χ4n) is 2.76. The number of thiophene rings is 1. The molecule has 0 unspecified atom stereocenters. The SMILES string of the molecule is CCc1cc2c(=O)n(CC(=O)NCC(=O)N3CCCC3)cnc2s1. The summed E-state index contributed by atoms with van der Waals surface area (Å²) in [5.41, 5.74) is -0.225. The molecule has 1 saturated heterocycles. The minimum Gasteiger partial charge on any atom is -0.345 e. The lowest BCUT2D eigenvalue weighted by atomic mass is 10.3. The molecule has 1 aliphatic rings. The molecule has 0 atom stereocenters. The van der Waals surface area contributed by atoms with Gasteiger partial charge in [0.25, 0.3) is 5.56 Å². The molecule has 128 valence electrons. The Balaban J connectivity index is 1.63. The van der Waals surface area contributed by atoms with Crippen molar-refractivity contribution >= 4 is 33.4 Å². The quantitative estimate of drug-likeness (QED) is 0.864. The number of amides is 2. The Morgan fingerprint density at radius 2 is 2.08 bits per heavy atom. The maximum Gasteiger partial charge on any atom is 0.262 e. The van der Waals surface area contributed by atoms with E-state index in [4.69, 9.17) is 0 Å². The van der Waals surface area contributed by atoms with Crippen LogP contribution in [0.3, 0.4) is 0 Å². The van der Waals surface area contributed by atoms with Gasteiger partial charge in [0.2, 0.25) is 11.8 Å². The molecule has 0 bridgehead atoms. The van der Waals surface area contributed by atoms with Crippen LogP contribution in [-0.4, -0.2) is 45.9 Å². The number of aryl methyl sites for hydroxylation is 1. The van der Waals surface area contributed by atoms with E-state index in [2.05, 4.69) is 10.3 Å². The number of hydrogen-bond donors (Lipinski definition) is 1. The van der Waals surface area contributed by atoms with E-state index in [9.17, 15) is 14.4 Å². The lowest BCUT2D eigenvalue weighted by molar-refractivity contribution is -0.132. The minimum atomic E-state index is -0.364. The molecule has 3 heterocycles. The number of rotatable bonds is 5. The lowest BCUT2D eigenvalue weighted by Crippen LogP contribution is -2.40. The van der Waals surface area contributed by atoms with Gasteiger partial charge in [0, 0.05) is 18.0 Å². The topological polar surface area (TPSA) is 84.3 Å². The highest BCUT2D eigenvalue weighted by Gasteiger charge is 2.18. The summed E-state index contributed by atoms with van der Waals surface area (Å²) in [4.78, 5) is 44.1. The van der Waals surface area contributed by atoms with Crippen LogP contribution < -0.4 is 10.9 Å². The van der Waals surface area contributed by atoms with Crippen LogP contribution in [0.5, 0.6) is 0 Å². The number of aromatic nitrogens is 2. The minimum absolute atomic E-state index is 0.0261. The average molecular weight is 348 g/mol. The molecule has 3 rings (SSSR count). The number of likely N-dealkylation sites (tertiary alicyclic amines) is 1. The maximum atomic E-state index is 12.4. The second-order valence-electron chi connectivity index (χ2n) is 5.83. The predicted octanol–water partition coefficient (Wildman–Crippen LogP) is 0.759. The van der Waals surface area contributed by atoms with Crippen LogP contribution in [0.1, 0.15) is 24.6 Å². The van der Waals surface area contributed by atoms with Gasteiger partial charge in [-0.15, -0.1) is 11.3 Å². The number of hydrogen-bond acceptors (Lipinski definition) is 5. The Hall–Kier alpha value is -2.22. The van der Waals surface area contributed by atoms with E-state index < -0.39 is 0 Å². The highest BCUT2D eigenvalue weighted by atomic mass is 32.1. The molecule has 2 aromatic rings. The molecule has 8 heteroatoms. The molecule has 1 fully saturated rings. The summed E-state index contributed by atoms with van der Waals surface area (Å²) in [6.45, 7) is 3.38. The van der Waals surface area contributed by atoms with E-state index in [0.717, 1.165) is 37.2 Å². The van der Waals surface area contributed by atoms with Crippen molar-refractivity contribution in [2.24, 2.45) is 0 Å². The van der Waals surface area contributed by atoms with Crippen molar-refractivity contribution in [3.63, 3.8) is 0 Å². The van der Waals surface area contributed by atoms with E-state index in [1.807, 2.05) is 13.0 Å². The van der Waals surface area contributed by atoms with Gasteiger partial charge in [-0.2, -0.15) is 0 Å². The van der Waals surface area contributed by atoms with Gasteiger partial charge < -0.3 is 10.2 Å². The summed E-state index contributed by atoms with van der Waals surface area (Å²) in [5.74, 6) is -0.441. The van der Waals surface area contributed by atoms with Gasteiger partial charge in [-0.3, -0.25) is 19.0 Å². The van der Waals surface area contributed by atoms with Crippen LogP contribution in [0.15, 0.2) is 17.2 Å². The molecule has 0 saturated carbocycles. The van der Waals surface area contributed by atoms with Gasteiger partial charge in [0.1, 0.15) is 11.4 Å². The maximum absolute atomic E-state index is 12.4. The summed E-state index contributed by atoms with van der Waals surface area (Å²) in [7, 11) is 0. The van der Waals surface area contributed by atoms with Gasteiger partial charge in [-0.05, 0) is 25.3 Å². The van der Waals surface area contributed by atoms with Crippen LogP contribution in [0.4, 0.5) is 0 Å². The van der Waals surface area contributed by atoms with Crippen LogP contribution in [0.2, 0.25) is 0 Å². The fourth-order valence-corrected chi connectivity index (χ4v) is 3.69. The number of nitrogens with zero attached hydrogens (tertiary/aromatic N) is 3. The Bertz CT molecular complexity index is 820. The summed E-state index contributed by atoms with van der Waals surface area (Å²) in [6.07, 6.45) is 4.27. The van der Waals surface area contributed by atoms with Gasteiger partial charge in [-0.25, -0.2) is 4.98 Å². The standard InChI is InChI=1S/C16H20N4O3S/c1-2-11-7-12-15(24-11)18-10-20(16(12)23)9-13(21)17-8-14(22)19-5-3-4-6-19/h7,10H,2-6,8-9H2,1H3,(H,17,21). The van der Waals surface area contributed by atoms with Crippen molar-refractivity contribution in [3.05, 3.63) is 27.6 Å². The molecule has 24 heavy (non-hydrogen) atoms. The van der Waals surface area contributed by atoms with E-state index >= 15 is 0 Å². The van der Waals surface area contributed by atoms with E-state index in [0.29, 0.717) is 10.2 Å². The first kappa shape index (κ1) is 16.6. The van der Waals surface area contributed by atoms with Crippen LogP contribution >= 0.6 is 11.3 Å². The first-order valence-electron chi connectivity index (χ1n) is 8.11. The molecule has 0 aromatic carbocycles. The molecular formula is C16H20N4O3S. The van der Waals surface area contributed by atoms with Crippen LogP contribution in [0, 0.1) is 0 Å². The second kappa shape index (κ2) is 7.12.